The van der Waals surface area contributed by atoms with Gasteiger partial charge in [-0.25, -0.2) is 0 Å². The average molecular weight is 338 g/mol. The summed E-state index contributed by atoms with van der Waals surface area (Å²) in [5, 5.41) is 6.97. The Labute approximate surface area is 126 Å². The van der Waals surface area contributed by atoms with E-state index >= 15 is 0 Å². The van der Waals surface area contributed by atoms with E-state index in [1.165, 1.54) is 0 Å². The van der Waals surface area contributed by atoms with Gasteiger partial charge in [0.25, 0.3) is 5.91 Å². The van der Waals surface area contributed by atoms with E-state index in [-0.39, 0.29) is 5.91 Å². The van der Waals surface area contributed by atoms with Crippen molar-refractivity contribution in [3.05, 3.63) is 46.2 Å². The molecule has 0 saturated heterocycles. The normalized spacial score (nSPS) is 10.3. The molecular weight excluding hydrogens is 322 g/mol. The van der Waals surface area contributed by atoms with Gasteiger partial charge in [0.1, 0.15) is 5.75 Å². The second kappa shape index (κ2) is 6.56. The highest BCUT2D eigenvalue weighted by Gasteiger charge is 2.12. The van der Waals surface area contributed by atoms with Crippen LogP contribution in [0.4, 0.5) is 0 Å². The molecule has 0 saturated carbocycles. The van der Waals surface area contributed by atoms with Crippen LogP contribution < -0.4 is 10.1 Å². The number of ether oxygens (including phenoxy) is 1. The Kier molecular flexibility index (Phi) is 4.79. The average Bonchev–Trinajstić information content (AvgIpc) is 2.84. The van der Waals surface area contributed by atoms with Crippen molar-refractivity contribution in [2.24, 2.45) is 7.05 Å². The molecule has 1 amide bonds. The van der Waals surface area contributed by atoms with Crippen molar-refractivity contribution in [2.75, 3.05) is 13.7 Å². The van der Waals surface area contributed by atoms with Crippen LogP contribution in [-0.4, -0.2) is 29.3 Å². The third-order valence-corrected chi connectivity index (χ3v) is 3.49. The summed E-state index contributed by atoms with van der Waals surface area (Å²) in [4.78, 5) is 12.1. The van der Waals surface area contributed by atoms with E-state index in [4.69, 9.17) is 4.74 Å². The Balaban J connectivity index is 1.97. The number of carbonyl (C=O) groups excluding carboxylic acids is 1. The predicted octanol–water partition coefficient (Wildman–Crippen LogP) is 2.16. The summed E-state index contributed by atoms with van der Waals surface area (Å²) in [6.45, 7) is 0.553. The van der Waals surface area contributed by atoms with Gasteiger partial charge in [-0.15, -0.1) is 0 Å². The van der Waals surface area contributed by atoms with Gasteiger partial charge in [0.15, 0.2) is 0 Å². The maximum atomic E-state index is 12.1. The van der Waals surface area contributed by atoms with Gasteiger partial charge in [-0.2, -0.15) is 5.10 Å². The standard InChI is InChI=1S/C14H16BrN3O2/c1-18-11(6-8-17-18)5-7-16-14(19)12-4-3-10(15)9-13(12)20-2/h3-4,6,8-9H,5,7H2,1-2H3,(H,16,19). The molecule has 0 radical (unpaired) electrons. The fraction of sp³-hybridized carbons (Fsp3) is 0.286. The van der Waals surface area contributed by atoms with Gasteiger partial charge in [0, 0.05) is 36.4 Å². The van der Waals surface area contributed by atoms with Crippen molar-refractivity contribution in [1.82, 2.24) is 15.1 Å². The van der Waals surface area contributed by atoms with Gasteiger partial charge in [-0.05, 0) is 24.3 Å². The summed E-state index contributed by atoms with van der Waals surface area (Å²) in [5.74, 6) is 0.411. The molecule has 0 spiro atoms. The zero-order valence-electron chi connectivity index (χ0n) is 11.4. The summed E-state index contributed by atoms with van der Waals surface area (Å²) in [7, 11) is 3.43. The zero-order chi connectivity index (χ0) is 14.5. The smallest absolute Gasteiger partial charge is 0.255 e. The van der Waals surface area contributed by atoms with Gasteiger partial charge in [0.05, 0.1) is 12.7 Å². The Hall–Kier alpha value is -1.82. The maximum Gasteiger partial charge on any atom is 0.255 e. The summed E-state index contributed by atoms with van der Waals surface area (Å²) in [6.07, 6.45) is 2.48. The van der Waals surface area contributed by atoms with Crippen LogP contribution in [0.3, 0.4) is 0 Å². The van der Waals surface area contributed by atoms with E-state index in [0.29, 0.717) is 17.9 Å². The lowest BCUT2D eigenvalue weighted by Crippen LogP contribution is -2.26. The Morgan fingerprint density at radius 1 is 1.45 bits per heavy atom. The molecule has 6 heteroatoms. The molecule has 5 nitrogen and oxygen atoms in total. The Morgan fingerprint density at radius 2 is 2.25 bits per heavy atom. The molecule has 106 valence electrons. The van der Waals surface area contributed by atoms with E-state index in [0.717, 1.165) is 16.6 Å². The third kappa shape index (κ3) is 3.39. The van der Waals surface area contributed by atoms with Crippen LogP contribution in [0.15, 0.2) is 34.9 Å². The number of halogens is 1. The summed E-state index contributed by atoms with van der Waals surface area (Å²) in [6, 6.07) is 7.27. The van der Waals surface area contributed by atoms with E-state index in [1.54, 1.807) is 30.1 Å². The first-order valence-electron chi connectivity index (χ1n) is 6.20. The van der Waals surface area contributed by atoms with E-state index in [9.17, 15) is 4.79 Å². The van der Waals surface area contributed by atoms with Crippen LogP contribution in [0.1, 0.15) is 16.1 Å². The first-order valence-corrected chi connectivity index (χ1v) is 6.99. The number of nitrogens with zero attached hydrogens (tertiary/aromatic N) is 2. The molecule has 1 aromatic heterocycles. The topological polar surface area (TPSA) is 56.1 Å². The Bertz CT molecular complexity index is 610. The van der Waals surface area contributed by atoms with Crippen LogP contribution in [-0.2, 0) is 13.5 Å². The molecule has 20 heavy (non-hydrogen) atoms. The number of carbonyl (C=O) groups is 1. The highest BCUT2D eigenvalue weighted by molar-refractivity contribution is 9.10. The molecule has 0 atom stereocenters. The fourth-order valence-corrected chi connectivity index (χ4v) is 2.24. The molecule has 0 aliphatic heterocycles. The monoisotopic (exact) mass is 337 g/mol. The van der Waals surface area contributed by atoms with Crippen LogP contribution in [0.2, 0.25) is 0 Å². The number of methoxy groups -OCH3 is 1. The number of amides is 1. The fourth-order valence-electron chi connectivity index (χ4n) is 1.90. The second-order valence-electron chi connectivity index (χ2n) is 4.30. The van der Waals surface area contributed by atoms with Crippen molar-refractivity contribution in [2.45, 2.75) is 6.42 Å². The van der Waals surface area contributed by atoms with Gasteiger partial charge >= 0.3 is 0 Å². The molecule has 2 rings (SSSR count). The largest absolute Gasteiger partial charge is 0.496 e. The van der Waals surface area contributed by atoms with Crippen molar-refractivity contribution >= 4 is 21.8 Å². The number of hydrogen-bond acceptors (Lipinski definition) is 3. The number of rotatable bonds is 5. The van der Waals surface area contributed by atoms with Crippen molar-refractivity contribution in [3.8, 4) is 5.75 Å². The number of aromatic nitrogens is 2. The molecule has 0 aliphatic rings. The van der Waals surface area contributed by atoms with E-state index < -0.39 is 0 Å². The minimum atomic E-state index is -0.142. The first-order chi connectivity index (χ1) is 9.61. The molecule has 1 N–H and O–H groups in total. The van der Waals surface area contributed by atoms with Crippen molar-refractivity contribution < 1.29 is 9.53 Å². The second-order valence-corrected chi connectivity index (χ2v) is 5.21. The van der Waals surface area contributed by atoms with Crippen molar-refractivity contribution in [1.29, 1.82) is 0 Å². The third-order valence-electron chi connectivity index (χ3n) is 3.00. The lowest BCUT2D eigenvalue weighted by atomic mass is 10.2. The van der Waals surface area contributed by atoms with Gasteiger partial charge in [-0.3, -0.25) is 9.48 Å². The van der Waals surface area contributed by atoms with Gasteiger partial charge < -0.3 is 10.1 Å². The highest BCUT2D eigenvalue weighted by Crippen LogP contribution is 2.23. The number of aryl methyl sites for hydroxylation is 1. The highest BCUT2D eigenvalue weighted by atomic mass is 79.9. The van der Waals surface area contributed by atoms with E-state index in [2.05, 4.69) is 26.3 Å². The van der Waals surface area contributed by atoms with Crippen molar-refractivity contribution in [3.63, 3.8) is 0 Å². The lowest BCUT2D eigenvalue weighted by Gasteiger charge is -2.09. The van der Waals surface area contributed by atoms with E-state index in [1.807, 2.05) is 19.2 Å². The molecule has 0 fully saturated rings. The van der Waals surface area contributed by atoms with Gasteiger partial charge in [-0.1, -0.05) is 15.9 Å². The molecular formula is C14H16BrN3O2. The number of hydrogen-bond donors (Lipinski definition) is 1. The molecule has 2 aromatic rings. The number of nitrogens with one attached hydrogen (secondary N) is 1. The number of benzene rings is 1. The van der Waals surface area contributed by atoms with Crippen LogP contribution in [0.25, 0.3) is 0 Å². The minimum Gasteiger partial charge on any atom is -0.496 e. The van der Waals surface area contributed by atoms with Crippen LogP contribution in [0.5, 0.6) is 5.75 Å². The minimum absolute atomic E-state index is 0.142. The molecule has 1 heterocycles. The molecule has 0 unspecified atom stereocenters. The molecule has 0 bridgehead atoms. The zero-order valence-corrected chi connectivity index (χ0v) is 13.0. The SMILES string of the molecule is COc1cc(Br)ccc1C(=O)NCCc1ccnn1C. The predicted molar refractivity (Wildman–Crippen MR) is 79.9 cm³/mol. The summed E-state index contributed by atoms with van der Waals surface area (Å²) in [5.41, 5.74) is 1.61. The van der Waals surface area contributed by atoms with Crippen LogP contribution >= 0.6 is 15.9 Å². The Morgan fingerprint density at radius 3 is 2.90 bits per heavy atom. The maximum absolute atomic E-state index is 12.1. The summed E-state index contributed by atoms with van der Waals surface area (Å²) >= 11 is 3.35. The lowest BCUT2D eigenvalue weighted by molar-refractivity contribution is 0.0951. The van der Waals surface area contributed by atoms with Gasteiger partial charge in [0.2, 0.25) is 0 Å². The first kappa shape index (κ1) is 14.6. The molecule has 1 aromatic carbocycles. The summed E-state index contributed by atoms with van der Waals surface area (Å²) < 4.78 is 7.89. The van der Waals surface area contributed by atoms with Crippen LogP contribution in [0, 0.1) is 0 Å². The molecule has 0 aliphatic carbocycles. The quantitative estimate of drug-likeness (QED) is 0.909.